The second kappa shape index (κ2) is 5.39. The van der Waals surface area contributed by atoms with E-state index in [2.05, 4.69) is 15.1 Å². The van der Waals surface area contributed by atoms with Crippen molar-refractivity contribution in [3.63, 3.8) is 0 Å². The smallest absolute Gasteiger partial charge is 0.274 e. The van der Waals surface area contributed by atoms with Crippen LogP contribution in [-0.4, -0.2) is 22.2 Å². The Kier molecular flexibility index (Phi) is 3.54. The van der Waals surface area contributed by atoms with E-state index in [9.17, 15) is 4.79 Å². The van der Waals surface area contributed by atoms with Gasteiger partial charge in [0.1, 0.15) is 22.9 Å². The first-order valence-electron chi connectivity index (χ1n) is 7.13. The highest BCUT2D eigenvalue weighted by Gasteiger charge is 2.40. The van der Waals surface area contributed by atoms with Crippen molar-refractivity contribution < 1.29 is 9.26 Å². The molecule has 3 rings (SSSR count). The average molecular weight is 300 g/mol. The van der Waals surface area contributed by atoms with Crippen LogP contribution in [0.25, 0.3) is 11.6 Å². The number of aromatic nitrogens is 3. The quantitative estimate of drug-likeness (QED) is 0.929. The standard InChI is InChI=1S/C15H16N4O3/c1-9-7-10(8-16)12(20)17-11(9)13-18-14(19-22-13)15(21-2)5-3-4-6-15/h7H,3-6H2,1-2H3,(H,17,20). The summed E-state index contributed by atoms with van der Waals surface area (Å²) in [7, 11) is 1.65. The lowest BCUT2D eigenvalue weighted by Gasteiger charge is -2.22. The fourth-order valence-electron chi connectivity index (χ4n) is 2.91. The Morgan fingerprint density at radius 3 is 2.82 bits per heavy atom. The highest BCUT2D eigenvalue weighted by atomic mass is 16.5. The number of rotatable bonds is 3. The molecular formula is C15H16N4O3. The monoisotopic (exact) mass is 300 g/mol. The zero-order valence-corrected chi connectivity index (χ0v) is 12.5. The van der Waals surface area contributed by atoms with E-state index in [0.29, 0.717) is 17.1 Å². The van der Waals surface area contributed by atoms with Gasteiger partial charge in [0.05, 0.1) is 0 Å². The second-order valence-electron chi connectivity index (χ2n) is 5.51. The molecule has 2 aromatic rings. The van der Waals surface area contributed by atoms with Crippen LogP contribution in [0.3, 0.4) is 0 Å². The maximum absolute atomic E-state index is 11.8. The van der Waals surface area contributed by atoms with E-state index in [-0.39, 0.29) is 11.5 Å². The Balaban J connectivity index is 2.03. The van der Waals surface area contributed by atoms with Crippen molar-refractivity contribution in [1.29, 1.82) is 5.26 Å². The molecule has 0 amide bonds. The summed E-state index contributed by atoms with van der Waals surface area (Å²) >= 11 is 0. The van der Waals surface area contributed by atoms with Gasteiger partial charge in [-0.15, -0.1) is 0 Å². The van der Waals surface area contributed by atoms with Gasteiger partial charge in [0.15, 0.2) is 0 Å². The van der Waals surface area contributed by atoms with Crippen LogP contribution >= 0.6 is 0 Å². The van der Waals surface area contributed by atoms with Crippen molar-refractivity contribution in [3.8, 4) is 17.7 Å². The largest absolute Gasteiger partial charge is 0.370 e. The Morgan fingerprint density at radius 1 is 1.45 bits per heavy atom. The third kappa shape index (κ3) is 2.22. The van der Waals surface area contributed by atoms with Crippen LogP contribution in [0.2, 0.25) is 0 Å². The first-order chi connectivity index (χ1) is 10.6. The van der Waals surface area contributed by atoms with Crippen LogP contribution in [0.1, 0.15) is 42.6 Å². The van der Waals surface area contributed by atoms with Crippen molar-refractivity contribution in [2.45, 2.75) is 38.2 Å². The molecule has 1 fully saturated rings. The zero-order valence-electron chi connectivity index (χ0n) is 12.5. The molecule has 1 aliphatic rings. The number of methoxy groups -OCH3 is 1. The summed E-state index contributed by atoms with van der Waals surface area (Å²) in [5.74, 6) is 0.740. The van der Waals surface area contributed by atoms with Gasteiger partial charge in [-0.05, 0) is 44.2 Å². The third-order valence-electron chi connectivity index (χ3n) is 4.21. The van der Waals surface area contributed by atoms with Crippen molar-refractivity contribution >= 4 is 0 Å². The summed E-state index contributed by atoms with van der Waals surface area (Å²) in [6.07, 6.45) is 3.82. The number of aryl methyl sites for hydroxylation is 1. The van der Waals surface area contributed by atoms with Gasteiger partial charge in [0.25, 0.3) is 11.4 Å². The first-order valence-corrected chi connectivity index (χ1v) is 7.13. The molecule has 114 valence electrons. The average Bonchev–Trinajstić information content (AvgIpc) is 3.18. The third-order valence-corrected chi connectivity index (χ3v) is 4.21. The second-order valence-corrected chi connectivity index (χ2v) is 5.51. The summed E-state index contributed by atoms with van der Waals surface area (Å²) in [5, 5.41) is 12.9. The first kappa shape index (κ1) is 14.5. The van der Waals surface area contributed by atoms with E-state index in [1.807, 2.05) is 6.07 Å². The van der Waals surface area contributed by atoms with Crippen LogP contribution in [0.5, 0.6) is 0 Å². The van der Waals surface area contributed by atoms with Crippen LogP contribution < -0.4 is 5.56 Å². The van der Waals surface area contributed by atoms with Gasteiger partial charge in [0.2, 0.25) is 5.82 Å². The number of nitrogens with one attached hydrogen (secondary N) is 1. The molecule has 1 saturated carbocycles. The van der Waals surface area contributed by atoms with E-state index < -0.39 is 11.2 Å². The summed E-state index contributed by atoms with van der Waals surface area (Å²) in [6, 6.07) is 3.36. The summed E-state index contributed by atoms with van der Waals surface area (Å²) in [5.41, 5.74) is 0.231. The van der Waals surface area contributed by atoms with Gasteiger partial charge in [-0.25, -0.2) is 0 Å². The van der Waals surface area contributed by atoms with E-state index in [1.54, 1.807) is 14.0 Å². The molecule has 0 saturated heterocycles. The summed E-state index contributed by atoms with van der Waals surface area (Å²) in [6.45, 7) is 1.78. The molecule has 0 bridgehead atoms. The summed E-state index contributed by atoms with van der Waals surface area (Å²) < 4.78 is 10.9. The fraction of sp³-hybridized carbons (Fsp3) is 0.467. The van der Waals surface area contributed by atoms with Crippen molar-refractivity contribution in [2.75, 3.05) is 7.11 Å². The van der Waals surface area contributed by atoms with Crippen LogP contribution in [-0.2, 0) is 10.3 Å². The fourth-order valence-corrected chi connectivity index (χ4v) is 2.91. The van der Waals surface area contributed by atoms with Crippen LogP contribution in [0.15, 0.2) is 15.4 Å². The Morgan fingerprint density at radius 2 is 2.18 bits per heavy atom. The molecule has 2 aromatic heterocycles. The molecule has 0 aliphatic heterocycles. The van der Waals surface area contributed by atoms with Gasteiger partial charge in [0, 0.05) is 7.11 Å². The highest BCUT2D eigenvalue weighted by molar-refractivity contribution is 5.54. The molecule has 7 heteroatoms. The molecule has 0 spiro atoms. The molecule has 7 nitrogen and oxygen atoms in total. The number of ether oxygens (including phenoxy) is 1. The maximum Gasteiger partial charge on any atom is 0.274 e. The predicted molar refractivity (Wildman–Crippen MR) is 77.0 cm³/mol. The Bertz CT molecular complexity index is 794. The predicted octanol–water partition coefficient (Wildman–Crippen LogP) is 2.02. The molecule has 1 aliphatic carbocycles. The van der Waals surface area contributed by atoms with E-state index in [0.717, 1.165) is 25.7 Å². The molecule has 22 heavy (non-hydrogen) atoms. The minimum absolute atomic E-state index is 0.0603. The lowest BCUT2D eigenvalue weighted by atomic mass is 10.0. The van der Waals surface area contributed by atoms with Gasteiger partial charge < -0.3 is 14.2 Å². The highest BCUT2D eigenvalue weighted by Crippen LogP contribution is 2.40. The number of nitrogens with zero attached hydrogens (tertiary/aromatic N) is 3. The number of aromatic amines is 1. The van der Waals surface area contributed by atoms with E-state index in [4.69, 9.17) is 14.5 Å². The number of pyridine rings is 1. The van der Waals surface area contributed by atoms with Gasteiger partial charge in [-0.3, -0.25) is 4.79 Å². The number of nitriles is 1. The minimum Gasteiger partial charge on any atom is -0.370 e. The normalized spacial score (nSPS) is 16.6. The molecule has 1 N–H and O–H groups in total. The van der Waals surface area contributed by atoms with E-state index >= 15 is 0 Å². The minimum atomic E-state index is -0.497. The summed E-state index contributed by atoms with van der Waals surface area (Å²) in [4.78, 5) is 18.8. The number of H-pyrrole nitrogens is 1. The SMILES string of the molecule is COC1(c2noc(-c3[nH]c(=O)c(C#N)cc3C)n2)CCCC1. The lowest BCUT2D eigenvalue weighted by molar-refractivity contribution is -0.0178. The van der Waals surface area contributed by atoms with Crippen LogP contribution in [0, 0.1) is 18.3 Å². The lowest BCUT2D eigenvalue weighted by Crippen LogP contribution is -2.26. The zero-order chi connectivity index (χ0) is 15.7. The van der Waals surface area contributed by atoms with Crippen LogP contribution in [0.4, 0.5) is 0 Å². The molecular weight excluding hydrogens is 284 g/mol. The Hall–Kier alpha value is -2.46. The van der Waals surface area contributed by atoms with Gasteiger partial charge in [-0.1, -0.05) is 5.16 Å². The van der Waals surface area contributed by atoms with Crippen molar-refractivity contribution in [2.24, 2.45) is 0 Å². The molecule has 0 aromatic carbocycles. The Labute approximate surface area is 126 Å². The molecule has 2 heterocycles. The van der Waals surface area contributed by atoms with Gasteiger partial charge >= 0.3 is 0 Å². The number of hydrogen-bond acceptors (Lipinski definition) is 6. The van der Waals surface area contributed by atoms with Crippen molar-refractivity contribution in [1.82, 2.24) is 15.1 Å². The maximum atomic E-state index is 11.8. The molecule has 0 unspecified atom stereocenters. The topological polar surface area (TPSA) is 105 Å². The number of hydrogen-bond donors (Lipinski definition) is 1. The molecule has 0 radical (unpaired) electrons. The van der Waals surface area contributed by atoms with Gasteiger partial charge in [-0.2, -0.15) is 10.2 Å². The van der Waals surface area contributed by atoms with E-state index in [1.165, 1.54) is 6.07 Å². The molecule has 0 atom stereocenters. The van der Waals surface area contributed by atoms with Crippen molar-refractivity contribution in [3.05, 3.63) is 33.4 Å².